The van der Waals surface area contributed by atoms with Crippen molar-refractivity contribution in [1.82, 2.24) is 0 Å². The zero-order valence-corrected chi connectivity index (χ0v) is 32.0. The summed E-state index contributed by atoms with van der Waals surface area (Å²) >= 11 is 1.85. The van der Waals surface area contributed by atoms with Crippen molar-refractivity contribution in [1.29, 1.82) is 0 Å². The number of hydrogen-bond donors (Lipinski definition) is 0. The maximum atomic E-state index is 6.97. The molecule has 0 saturated heterocycles. The van der Waals surface area contributed by atoms with E-state index >= 15 is 0 Å². The number of thiophene rings is 1. The van der Waals surface area contributed by atoms with Crippen LogP contribution in [0.25, 0.3) is 97.4 Å². The largest absolute Gasteiger partial charge is 0.456 e. The molecule has 12 rings (SSSR count). The van der Waals surface area contributed by atoms with Crippen LogP contribution in [-0.2, 0) is 0 Å². The summed E-state index contributed by atoms with van der Waals surface area (Å²) in [4.78, 5) is 2.43. The van der Waals surface area contributed by atoms with Gasteiger partial charge in [-0.05, 0) is 70.8 Å². The van der Waals surface area contributed by atoms with Crippen molar-refractivity contribution >= 4 is 92.4 Å². The molecule has 58 heavy (non-hydrogen) atoms. The van der Waals surface area contributed by atoms with Gasteiger partial charge in [-0.15, -0.1) is 11.3 Å². The van der Waals surface area contributed by atoms with E-state index in [4.69, 9.17) is 8.83 Å². The van der Waals surface area contributed by atoms with Gasteiger partial charge in [0.25, 0.3) is 0 Å². The van der Waals surface area contributed by atoms with Crippen LogP contribution in [0.2, 0.25) is 0 Å². The summed E-state index contributed by atoms with van der Waals surface area (Å²) in [5, 5.41) is 6.71. The molecule has 0 unspecified atom stereocenters. The van der Waals surface area contributed by atoms with Crippen LogP contribution in [-0.4, -0.2) is 0 Å². The van der Waals surface area contributed by atoms with Gasteiger partial charge in [-0.2, -0.15) is 0 Å². The Kier molecular flexibility index (Phi) is 7.40. The first-order valence-corrected chi connectivity index (χ1v) is 20.4. The Bertz CT molecular complexity index is 3500. The van der Waals surface area contributed by atoms with E-state index in [1.807, 2.05) is 23.5 Å². The lowest BCUT2D eigenvalue weighted by molar-refractivity contribution is 0.664. The van der Waals surface area contributed by atoms with Gasteiger partial charge in [-0.25, -0.2) is 0 Å². The highest BCUT2D eigenvalue weighted by Gasteiger charge is 2.24. The molecule has 0 bridgehead atoms. The van der Waals surface area contributed by atoms with E-state index in [1.54, 1.807) is 0 Å². The molecule has 0 fully saturated rings. The van der Waals surface area contributed by atoms with Crippen LogP contribution in [0, 0.1) is 0 Å². The number of nitrogens with zero attached hydrogens (tertiary/aromatic N) is 1. The normalized spacial score (nSPS) is 11.8. The summed E-state index contributed by atoms with van der Waals surface area (Å²) in [6, 6.07) is 71.3. The quantitative estimate of drug-likeness (QED) is 0.169. The Morgan fingerprint density at radius 2 is 1.02 bits per heavy atom. The standard InChI is InChI=1S/C54H33NO2S/c1-3-14-34(15-4-1)35-26-28-37(29-27-35)51-52-42-20-8-11-24-47(42)56-49(52)33-44-43-32-38(30-31-48(43)57-53(44)51)55(45-22-10-7-18-39(45)36-16-5-2-6-17-36)46-23-13-21-41-40-19-9-12-25-50(40)58-54(41)46/h1-33H. The zero-order valence-electron chi connectivity index (χ0n) is 31.2. The summed E-state index contributed by atoms with van der Waals surface area (Å²) in [7, 11) is 0. The fourth-order valence-corrected chi connectivity index (χ4v) is 10.0. The maximum Gasteiger partial charge on any atom is 0.144 e. The van der Waals surface area contributed by atoms with Crippen molar-refractivity contribution < 1.29 is 8.83 Å². The number of para-hydroxylation sites is 2. The van der Waals surface area contributed by atoms with E-state index in [9.17, 15) is 0 Å². The molecule has 3 nitrogen and oxygen atoms in total. The van der Waals surface area contributed by atoms with Gasteiger partial charge < -0.3 is 13.7 Å². The predicted octanol–water partition coefficient (Wildman–Crippen LogP) is 16.3. The second-order valence-corrected chi connectivity index (χ2v) is 15.8. The Hall–Kier alpha value is -7.40. The number of hydrogen-bond acceptors (Lipinski definition) is 4. The van der Waals surface area contributed by atoms with Gasteiger partial charge in [0.2, 0.25) is 0 Å². The van der Waals surface area contributed by atoms with Gasteiger partial charge in [-0.3, -0.25) is 0 Å². The Morgan fingerprint density at radius 1 is 0.379 bits per heavy atom. The first-order valence-electron chi connectivity index (χ1n) is 19.6. The second kappa shape index (κ2) is 13.1. The van der Waals surface area contributed by atoms with Gasteiger partial charge in [0.1, 0.15) is 22.3 Å². The molecule has 3 heterocycles. The summed E-state index contributed by atoms with van der Waals surface area (Å²) in [6.07, 6.45) is 0. The molecule has 272 valence electrons. The number of furan rings is 2. The minimum Gasteiger partial charge on any atom is -0.456 e. The zero-order chi connectivity index (χ0) is 38.2. The molecule has 0 aliphatic heterocycles. The number of benzene rings is 9. The van der Waals surface area contributed by atoms with E-state index in [1.165, 1.54) is 31.3 Å². The smallest absolute Gasteiger partial charge is 0.144 e. The van der Waals surface area contributed by atoms with E-state index in [0.717, 1.165) is 83.2 Å². The van der Waals surface area contributed by atoms with E-state index in [0.29, 0.717) is 0 Å². The number of fused-ring (bicyclic) bond motifs is 9. The molecule has 0 spiro atoms. The SMILES string of the molecule is c1ccc(-c2ccc(-c3c4oc5ccc(N(c6ccccc6-c6ccccc6)c6cccc7c6sc6ccccc67)cc5c4cc4oc5ccccc5c34)cc2)cc1. The van der Waals surface area contributed by atoms with Gasteiger partial charge in [0.15, 0.2) is 0 Å². The lowest BCUT2D eigenvalue weighted by Crippen LogP contribution is -2.11. The van der Waals surface area contributed by atoms with Crippen molar-refractivity contribution in [2.75, 3.05) is 4.90 Å². The lowest BCUT2D eigenvalue weighted by Gasteiger charge is -2.28. The van der Waals surface area contributed by atoms with Crippen LogP contribution >= 0.6 is 11.3 Å². The summed E-state index contributed by atoms with van der Waals surface area (Å²) < 4.78 is 16.1. The molecule has 9 aromatic carbocycles. The third-order valence-corrected chi connectivity index (χ3v) is 12.7. The van der Waals surface area contributed by atoms with Gasteiger partial charge >= 0.3 is 0 Å². The molecule has 4 heteroatoms. The fourth-order valence-electron chi connectivity index (χ4n) is 8.82. The maximum absolute atomic E-state index is 6.97. The van der Waals surface area contributed by atoms with Crippen LogP contribution in [0.1, 0.15) is 0 Å². The number of anilines is 3. The third-order valence-electron chi connectivity index (χ3n) is 11.5. The second-order valence-electron chi connectivity index (χ2n) is 14.8. The Morgan fingerprint density at radius 3 is 1.86 bits per heavy atom. The van der Waals surface area contributed by atoms with E-state index in [-0.39, 0.29) is 0 Å². The highest BCUT2D eigenvalue weighted by Crippen LogP contribution is 2.50. The molecule has 3 aromatic heterocycles. The Balaban J connectivity index is 1.12. The molecule has 0 aliphatic rings. The van der Waals surface area contributed by atoms with Crippen LogP contribution in [0.5, 0.6) is 0 Å². The van der Waals surface area contributed by atoms with Crippen LogP contribution in [0.3, 0.4) is 0 Å². The summed E-state index contributed by atoms with van der Waals surface area (Å²) in [6.45, 7) is 0. The van der Waals surface area contributed by atoms with Crippen LogP contribution in [0.15, 0.2) is 209 Å². The fraction of sp³-hybridized carbons (Fsp3) is 0. The average Bonchev–Trinajstić information content (AvgIpc) is 3.98. The highest BCUT2D eigenvalue weighted by molar-refractivity contribution is 7.26. The average molecular weight is 760 g/mol. The van der Waals surface area contributed by atoms with Crippen LogP contribution < -0.4 is 4.90 Å². The first kappa shape index (κ1) is 32.8. The molecule has 0 amide bonds. The van der Waals surface area contributed by atoms with Crippen molar-refractivity contribution in [2.45, 2.75) is 0 Å². The molecular weight excluding hydrogens is 727 g/mol. The third kappa shape index (κ3) is 5.12. The molecule has 0 N–H and O–H groups in total. The van der Waals surface area contributed by atoms with E-state index in [2.05, 4.69) is 193 Å². The molecule has 0 atom stereocenters. The lowest BCUT2D eigenvalue weighted by atomic mass is 9.95. The molecular formula is C54H33NO2S. The summed E-state index contributed by atoms with van der Waals surface area (Å²) in [5.41, 5.74) is 13.4. The van der Waals surface area contributed by atoms with Crippen molar-refractivity contribution in [3.05, 3.63) is 200 Å². The van der Waals surface area contributed by atoms with Gasteiger partial charge in [0.05, 0.1) is 16.1 Å². The van der Waals surface area contributed by atoms with Crippen molar-refractivity contribution in [2.24, 2.45) is 0 Å². The number of rotatable bonds is 6. The topological polar surface area (TPSA) is 29.5 Å². The van der Waals surface area contributed by atoms with Crippen LogP contribution in [0.4, 0.5) is 17.1 Å². The highest BCUT2D eigenvalue weighted by atomic mass is 32.1. The van der Waals surface area contributed by atoms with Crippen molar-refractivity contribution in [3.63, 3.8) is 0 Å². The predicted molar refractivity (Wildman–Crippen MR) is 245 cm³/mol. The molecule has 0 aliphatic carbocycles. The molecule has 0 radical (unpaired) electrons. The van der Waals surface area contributed by atoms with Gasteiger partial charge in [0, 0.05) is 53.8 Å². The first-order chi connectivity index (χ1) is 28.8. The van der Waals surface area contributed by atoms with Gasteiger partial charge in [-0.1, -0.05) is 152 Å². The van der Waals surface area contributed by atoms with Crippen molar-refractivity contribution in [3.8, 4) is 33.4 Å². The minimum atomic E-state index is 0.828. The summed E-state index contributed by atoms with van der Waals surface area (Å²) in [5.74, 6) is 0. The molecule has 0 saturated carbocycles. The molecule has 12 aromatic rings. The minimum absolute atomic E-state index is 0.828. The Labute approximate surface area is 338 Å². The monoisotopic (exact) mass is 759 g/mol. The van der Waals surface area contributed by atoms with E-state index < -0.39 is 0 Å².